The van der Waals surface area contributed by atoms with Crippen molar-refractivity contribution in [2.24, 2.45) is 5.92 Å². The number of anilines is 1. The fraction of sp³-hybridized carbons (Fsp3) is 0.692. The van der Waals surface area contributed by atoms with E-state index in [1.807, 2.05) is 0 Å². The number of rotatable bonds is 3. The molecule has 1 aliphatic carbocycles. The number of aliphatic hydroxyl groups is 1. The Bertz CT molecular complexity index is 344. The van der Waals surface area contributed by atoms with Crippen molar-refractivity contribution in [1.29, 1.82) is 0 Å². The number of hydrogen-bond acceptors (Lipinski definition) is 4. The van der Waals surface area contributed by atoms with Gasteiger partial charge in [0.15, 0.2) is 0 Å². The predicted molar refractivity (Wildman–Crippen MR) is 67.8 cm³/mol. The van der Waals surface area contributed by atoms with Gasteiger partial charge in [-0.15, -0.1) is 0 Å². The summed E-state index contributed by atoms with van der Waals surface area (Å²) in [5.74, 6) is 1.62. The highest BCUT2D eigenvalue weighted by Crippen LogP contribution is 2.27. The van der Waals surface area contributed by atoms with Crippen molar-refractivity contribution in [3.8, 4) is 0 Å². The summed E-state index contributed by atoms with van der Waals surface area (Å²) in [6.45, 7) is 2.33. The highest BCUT2D eigenvalue weighted by Gasteiger charge is 2.22. The van der Waals surface area contributed by atoms with Gasteiger partial charge in [-0.1, -0.05) is 6.92 Å². The van der Waals surface area contributed by atoms with Crippen LogP contribution in [-0.4, -0.2) is 28.2 Å². The molecule has 0 bridgehead atoms. The van der Waals surface area contributed by atoms with E-state index in [1.54, 1.807) is 12.4 Å². The number of nitrogens with zero attached hydrogens (tertiary/aromatic N) is 3. The normalized spacial score (nSPS) is 24.6. The highest BCUT2D eigenvalue weighted by molar-refractivity contribution is 5.30. The third-order valence-electron chi connectivity index (χ3n) is 3.72. The first-order chi connectivity index (χ1) is 8.20. The lowest BCUT2D eigenvalue weighted by Crippen LogP contribution is -2.35. The van der Waals surface area contributed by atoms with Gasteiger partial charge in [-0.05, 0) is 31.6 Å². The molecule has 1 N–H and O–H groups in total. The predicted octanol–water partition coefficient (Wildman–Crippen LogP) is 1.98. The summed E-state index contributed by atoms with van der Waals surface area (Å²) in [5, 5.41) is 8.95. The third-order valence-corrected chi connectivity index (χ3v) is 3.72. The fourth-order valence-corrected chi connectivity index (χ4v) is 2.40. The van der Waals surface area contributed by atoms with Gasteiger partial charge in [0.2, 0.25) is 5.95 Å². The summed E-state index contributed by atoms with van der Waals surface area (Å²) in [4.78, 5) is 10.8. The molecule has 94 valence electrons. The summed E-state index contributed by atoms with van der Waals surface area (Å²) in [6.07, 6.45) is 8.44. The van der Waals surface area contributed by atoms with Crippen LogP contribution in [-0.2, 0) is 6.61 Å². The zero-order valence-corrected chi connectivity index (χ0v) is 10.6. The maximum Gasteiger partial charge on any atom is 0.225 e. The van der Waals surface area contributed by atoms with Crippen molar-refractivity contribution in [2.75, 3.05) is 11.9 Å². The molecule has 1 fully saturated rings. The number of aliphatic hydroxyl groups excluding tert-OH is 1. The summed E-state index contributed by atoms with van der Waals surface area (Å²) in [7, 11) is 2.06. The first kappa shape index (κ1) is 12.3. The largest absolute Gasteiger partial charge is 0.392 e. The van der Waals surface area contributed by atoms with Gasteiger partial charge in [0.1, 0.15) is 0 Å². The van der Waals surface area contributed by atoms with Crippen molar-refractivity contribution in [3.63, 3.8) is 0 Å². The molecule has 1 saturated carbocycles. The summed E-state index contributed by atoms with van der Waals surface area (Å²) in [5.41, 5.74) is 0.763. The van der Waals surface area contributed by atoms with E-state index in [2.05, 4.69) is 28.8 Å². The first-order valence-corrected chi connectivity index (χ1v) is 6.35. The van der Waals surface area contributed by atoms with Crippen molar-refractivity contribution < 1.29 is 5.11 Å². The molecule has 0 amide bonds. The molecule has 4 heteroatoms. The summed E-state index contributed by atoms with van der Waals surface area (Å²) < 4.78 is 0. The zero-order valence-electron chi connectivity index (χ0n) is 10.6. The molecule has 4 nitrogen and oxygen atoms in total. The van der Waals surface area contributed by atoms with Gasteiger partial charge in [-0.3, -0.25) is 0 Å². The van der Waals surface area contributed by atoms with E-state index < -0.39 is 0 Å². The molecule has 0 aliphatic heterocycles. The lowest BCUT2D eigenvalue weighted by Gasteiger charge is -2.33. The van der Waals surface area contributed by atoms with E-state index in [4.69, 9.17) is 5.11 Å². The van der Waals surface area contributed by atoms with Crippen LogP contribution < -0.4 is 4.90 Å². The van der Waals surface area contributed by atoms with E-state index in [0.717, 1.165) is 17.4 Å². The minimum atomic E-state index is 0.00490. The van der Waals surface area contributed by atoms with Gasteiger partial charge in [-0.25, -0.2) is 9.97 Å². The zero-order chi connectivity index (χ0) is 12.3. The van der Waals surface area contributed by atoms with Crippen molar-refractivity contribution in [3.05, 3.63) is 18.0 Å². The van der Waals surface area contributed by atoms with Crippen LogP contribution in [0.15, 0.2) is 12.4 Å². The Morgan fingerprint density at radius 3 is 2.35 bits per heavy atom. The second-order valence-corrected chi connectivity index (χ2v) is 5.07. The molecule has 1 aromatic rings. The summed E-state index contributed by atoms with van der Waals surface area (Å²) in [6, 6.07) is 0.561. The van der Waals surface area contributed by atoms with Crippen LogP contribution in [0.5, 0.6) is 0 Å². The van der Waals surface area contributed by atoms with E-state index >= 15 is 0 Å². The van der Waals surface area contributed by atoms with Crippen molar-refractivity contribution in [1.82, 2.24) is 9.97 Å². The molecule has 0 saturated heterocycles. The monoisotopic (exact) mass is 235 g/mol. The number of aromatic nitrogens is 2. The molecular weight excluding hydrogens is 214 g/mol. The molecule has 0 atom stereocenters. The Morgan fingerprint density at radius 1 is 1.24 bits per heavy atom. The maximum absolute atomic E-state index is 8.95. The molecule has 2 rings (SSSR count). The molecule has 1 aliphatic rings. The van der Waals surface area contributed by atoms with Crippen molar-refractivity contribution >= 4 is 5.95 Å². The van der Waals surface area contributed by atoms with Crippen LogP contribution in [0.1, 0.15) is 38.2 Å². The van der Waals surface area contributed by atoms with E-state index in [1.165, 1.54) is 25.7 Å². The second-order valence-electron chi connectivity index (χ2n) is 5.07. The minimum Gasteiger partial charge on any atom is -0.392 e. The SMILES string of the molecule is CC1CCC(N(C)c2ncc(CO)cn2)CC1. The van der Waals surface area contributed by atoms with Crippen LogP contribution in [0.2, 0.25) is 0 Å². The lowest BCUT2D eigenvalue weighted by atomic mass is 9.87. The highest BCUT2D eigenvalue weighted by atomic mass is 16.3. The van der Waals surface area contributed by atoms with Gasteiger partial charge < -0.3 is 10.0 Å². The topological polar surface area (TPSA) is 49.2 Å². The Balaban J connectivity index is 2.00. The molecular formula is C13H21N3O. The third kappa shape index (κ3) is 2.94. The molecule has 0 aromatic carbocycles. The molecule has 1 heterocycles. The second kappa shape index (κ2) is 5.45. The Kier molecular flexibility index (Phi) is 3.94. The molecule has 1 aromatic heterocycles. The standard InChI is InChI=1S/C13H21N3O/c1-10-3-5-12(6-4-10)16(2)13-14-7-11(9-17)8-15-13/h7-8,10,12,17H,3-6,9H2,1-2H3. The average molecular weight is 235 g/mol. The van der Waals surface area contributed by atoms with Crippen LogP contribution in [0.3, 0.4) is 0 Å². The maximum atomic E-state index is 8.95. The molecule has 0 spiro atoms. The molecule has 0 radical (unpaired) electrons. The van der Waals surface area contributed by atoms with Gasteiger partial charge in [0.25, 0.3) is 0 Å². The van der Waals surface area contributed by atoms with Gasteiger partial charge in [0, 0.05) is 31.0 Å². The van der Waals surface area contributed by atoms with Crippen LogP contribution in [0.4, 0.5) is 5.95 Å². The first-order valence-electron chi connectivity index (χ1n) is 6.35. The fourth-order valence-electron chi connectivity index (χ4n) is 2.40. The van der Waals surface area contributed by atoms with E-state index in [0.29, 0.717) is 6.04 Å². The molecule has 17 heavy (non-hydrogen) atoms. The van der Waals surface area contributed by atoms with Crippen LogP contribution >= 0.6 is 0 Å². The Morgan fingerprint density at radius 2 is 1.82 bits per heavy atom. The van der Waals surface area contributed by atoms with E-state index in [-0.39, 0.29) is 6.61 Å². The quantitative estimate of drug-likeness (QED) is 0.870. The molecule has 0 unspecified atom stereocenters. The van der Waals surface area contributed by atoms with E-state index in [9.17, 15) is 0 Å². The van der Waals surface area contributed by atoms with Gasteiger partial charge in [-0.2, -0.15) is 0 Å². The summed E-state index contributed by atoms with van der Waals surface area (Å²) >= 11 is 0. The Hall–Kier alpha value is -1.16. The lowest BCUT2D eigenvalue weighted by molar-refractivity contribution is 0.281. The average Bonchev–Trinajstić information content (AvgIpc) is 2.39. The van der Waals surface area contributed by atoms with Gasteiger partial charge in [0.05, 0.1) is 6.61 Å². The Labute approximate surface area is 103 Å². The van der Waals surface area contributed by atoms with Crippen LogP contribution in [0.25, 0.3) is 0 Å². The smallest absolute Gasteiger partial charge is 0.225 e. The van der Waals surface area contributed by atoms with Crippen molar-refractivity contribution in [2.45, 2.75) is 45.3 Å². The number of hydrogen-bond donors (Lipinski definition) is 1. The van der Waals surface area contributed by atoms with Crippen LogP contribution in [0, 0.1) is 5.92 Å². The minimum absolute atomic E-state index is 0.00490. The van der Waals surface area contributed by atoms with Gasteiger partial charge >= 0.3 is 0 Å².